The Morgan fingerprint density at radius 1 is 0.833 bits per heavy atom. The number of benzene rings is 2. The fourth-order valence-corrected chi connectivity index (χ4v) is 3.37. The van der Waals surface area contributed by atoms with Gasteiger partial charge in [0.15, 0.2) is 0 Å². The van der Waals surface area contributed by atoms with Gasteiger partial charge in [-0.15, -0.1) is 0 Å². The van der Waals surface area contributed by atoms with Crippen LogP contribution in [0.5, 0.6) is 0 Å². The van der Waals surface area contributed by atoms with Crippen molar-refractivity contribution in [3.63, 3.8) is 0 Å². The van der Waals surface area contributed by atoms with E-state index in [0.717, 1.165) is 51.9 Å². The number of rotatable bonds is 7. The summed E-state index contributed by atoms with van der Waals surface area (Å²) in [6, 6.07) is 21.1. The fraction of sp³-hybridized carbons (Fsp3) is 0.381. The lowest BCUT2D eigenvalue weighted by atomic mass is 10.1. The summed E-state index contributed by atoms with van der Waals surface area (Å²) < 4.78 is 0. The number of carbonyl (C=O) groups is 1. The first-order chi connectivity index (χ1) is 11.8. The van der Waals surface area contributed by atoms with Crippen LogP contribution in [-0.4, -0.2) is 54.9 Å². The first kappa shape index (κ1) is 16.9. The Hall–Kier alpha value is -1.97. The summed E-state index contributed by atoms with van der Waals surface area (Å²) in [5, 5.41) is 0. The maximum Gasteiger partial charge on any atom is 0.138 e. The molecule has 1 fully saturated rings. The third-order valence-corrected chi connectivity index (χ3v) is 4.86. The van der Waals surface area contributed by atoms with Gasteiger partial charge in [-0.3, -0.25) is 9.80 Å². The smallest absolute Gasteiger partial charge is 0.138 e. The van der Waals surface area contributed by atoms with Crippen LogP contribution in [0.3, 0.4) is 0 Å². The van der Waals surface area contributed by atoms with Crippen LogP contribution >= 0.6 is 0 Å². The van der Waals surface area contributed by atoms with Crippen LogP contribution in [0.4, 0.5) is 0 Å². The molecule has 1 aliphatic rings. The number of aldehydes is 1. The quantitative estimate of drug-likeness (QED) is 0.732. The van der Waals surface area contributed by atoms with Crippen molar-refractivity contribution in [3.8, 4) is 0 Å². The second kappa shape index (κ2) is 8.76. The van der Waals surface area contributed by atoms with Crippen molar-refractivity contribution in [1.82, 2.24) is 9.80 Å². The van der Waals surface area contributed by atoms with E-state index in [9.17, 15) is 4.79 Å². The molecule has 2 aromatic carbocycles. The van der Waals surface area contributed by atoms with Crippen LogP contribution in [-0.2, 0) is 17.6 Å². The lowest BCUT2D eigenvalue weighted by Gasteiger charge is -2.39. The Bertz CT molecular complexity index is 614. The molecule has 0 aromatic heterocycles. The highest BCUT2D eigenvalue weighted by molar-refractivity contribution is 5.58. The van der Waals surface area contributed by atoms with E-state index in [4.69, 9.17) is 0 Å². The standard InChI is InChI=1S/C21H26N2O/c24-18-21-17-22(13-11-19-7-3-1-4-8-19)15-16-23(21)14-12-20-9-5-2-6-10-20/h1-10,18,21H,11-17H2. The monoisotopic (exact) mass is 322 g/mol. The summed E-state index contributed by atoms with van der Waals surface area (Å²) in [6.45, 7) is 4.86. The topological polar surface area (TPSA) is 23.6 Å². The highest BCUT2D eigenvalue weighted by Crippen LogP contribution is 2.11. The molecule has 1 heterocycles. The van der Waals surface area contributed by atoms with Gasteiger partial charge in [-0.05, 0) is 24.0 Å². The summed E-state index contributed by atoms with van der Waals surface area (Å²) in [6.07, 6.45) is 3.19. The first-order valence-corrected chi connectivity index (χ1v) is 8.85. The maximum absolute atomic E-state index is 11.5. The maximum atomic E-state index is 11.5. The minimum absolute atomic E-state index is 0.0261. The average Bonchev–Trinajstić information content (AvgIpc) is 2.66. The summed E-state index contributed by atoms with van der Waals surface area (Å²) >= 11 is 0. The second-order valence-electron chi connectivity index (χ2n) is 6.51. The molecule has 0 N–H and O–H groups in total. The van der Waals surface area contributed by atoms with Crippen molar-refractivity contribution in [3.05, 3.63) is 71.8 Å². The van der Waals surface area contributed by atoms with E-state index in [1.54, 1.807) is 0 Å². The van der Waals surface area contributed by atoms with Crippen molar-refractivity contribution in [2.24, 2.45) is 0 Å². The molecule has 24 heavy (non-hydrogen) atoms. The van der Waals surface area contributed by atoms with Gasteiger partial charge in [0.1, 0.15) is 6.29 Å². The highest BCUT2D eigenvalue weighted by atomic mass is 16.1. The molecule has 3 heteroatoms. The van der Waals surface area contributed by atoms with Crippen molar-refractivity contribution in [2.75, 3.05) is 32.7 Å². The van der Waals surface area contributed by atoms with Crippen molar-refractivity contribution in [1.29, 1.82) is 0 Å². The Labute approximate surface area is 144 Å². The van der Waals surface area contributed by atoms with E-state index in [2.05, 4.69) is 64.4 Å². The number of carbonyl (C=O) groups excluding carboxylic acids is 1. The van der Waals surface area contributed by atoms with Gasteiger partial charge in [0.25, 0.3) is 0 Å². The molecule has 1 aliphatic heterocycles. The van der Waals surface area contributed by atoms with E-state index in [1.807, 2.05) is 6.07 Å². The SMILES string of the molecule is O=CC1CN(CCc2ccccc2)CCN1CCc1ccccc1. The van der Waals surface area contributed by atoms with Gasteiger partial charge in [0.05, 0.1) is 6.04 Å². The molecule has 1 atom stereocenters. The average molecular weight is 322 g/mol. The molecule has 2 aromatic rings. The zero-order chi connectivity index (χ0) is 16.6. The Kier molecular flexibility index (Phi) is 6.16. The Balaban J connectivity index is 1.47. The zero-order valence-corrected chi connectivity index (χ0v) is 14.2. The lowest BCUT2D eigenvalue weighted by molar-refractivity contribution is -0.114. The summed E-state index contributed by atoms with van der Waals surface area (Å²) in [5.74, 6) is 0. The molecule has 1 saturated heterocycles. The third-order valence-electron chi connectivity index (χ3n) is 4.86. The second-order valence-corrected chi connectivity index (χ2v) is 6.51. The predicted molar refractivity (Wildman–Crippen MR) is 98.2 cm³/mol. The van der Waals surface area contributed by atoms with E-state index < -0.39 is 0 Å². The summed E-state index contributed by atoms with van der Waals surface area (Å²) in [4.78, 5) is 16.3. The van der Waals surface area contributed by atoms with Crippen molar-refractivity contribution < 1.29 is 4.79 Å². The normalized spacial score (nSPS) is 19.2. The molecule has 1 unspecified atom stereocenters. The molecule has 0 aliphatic carbocycles. The molecular weight excluding hydrogens is 296 g/mol. The molecular formula is C21H26N2O. The van der Waals surface area contributed by atoms with Gasteiger partial charge in [-0.1, -0.05) is 60.7 Å². The molecule has 0 radical (unpaired) electrons. The molecule has 0 amide bonds. The number of piperazine rings is 1. The first-order valence-electron chi connectivity index (χ1n) is 8.85. The van der Waals surface area contributed by atoms with Crippen LogP contribution in [0, 0.1) is 0 Å². The number of hydrogen-bond donors (Lipinski definition) is 0. The van der Waals surface area contributed by atoms with E-state index in [-0.39, 0.29) is 6.04 Å². The van der Waals surface area contributed by atoms with Crippen LogP contribution in [0.2, 0.25) is 0 Å². The Morgan fingerprint density at radius 3 is 2.00 bits per heavy atom. The highest BCUT2D eigenvalue weighted by Gasteiger charge is 2.25. The minimum atomic E-state index is 0.0261. The summed E-state index contributed by atoms with van der Waals surface area (Å²) in [5.41, 5.74) is 2.71. The number of hydrogen-bond acceptors (Lipinski definition) is 3. The molecule has 3 rings (SSSR count). The third kappa shape index (κ3) is 4.76. The number of nitrogens with zero attached hydrogens (tertiary/aromatic N) is 2. The largest absolute Gasteiger partial charge is 0.302 e. The van der Waals surface area contributed by atoms with Crippen LogP contribution in [0.25, 0.3) is 0 Å². The van der Waals surface area contributed by atoms with E-state index in [0.29, 0.717) is 0 Å². The zero-order valence-electron chi connectivity index (χ0n) is 14.2. The van der Waals surface area contributed by atoms with Crippen LogP contribution < -0.4 is 0 Å². The minimum Gasteiger partial charge on any atom is -0.302 e. The van der Waals surface area contributed by atoms with Crippen LogP contribution in [0.15, 0.2) is 60.7 Å². The molecule has 0 saturated carbocycles. The van der Waals surface area contributed by atoms with Crippen molar-refractivity contribution >= 4 is 6.29 Å². The van der Waals surface area contributed by atoms with Gasteiger partial charge < -0.3 is 4.79 Å². The Morgan fingerprint density at radius 2 is 1.42 bits per heavy atom. The van der Waals surface area contributed by atoms with Gasteiger partial charge in [-0.2, -0.15) is 0 Å². The van der Waals surface area contributed by atoms with Crippen molar-refractivity contribution in [2.45, 2.75) is 18.9 Å². The molecule has 0 spiro atoms. The molecule has 0 bridgehead atoms. The van der Waals surface area contributed by atoms with Gasteiger partial charge in [0.2, 0.25) is 0 Å². The summed E-state index contributed by atoms with van der Waals surface area (Å²) in [7, 11) is 0. The molecule has 126 valence electrons. The van der Waals surface area contributed by atoms with Gasteiger partial charge in [-0.25, -0.2) is 0 Å². The lowest BCUT2D eigenvalue weighted by Crippen LogP contribution is -2.54. The van der Waals surface area contributed by atoms with Crippen LogP contribution in [0.1, 0.15) is 11.1 Å². The van der Waals surface area contributed by atoms with Gasteiger partial charge in [0, 0.05) is 32.7 Å². The molecule has 3 nitrogen and oxygen atoms in total. The van der Waals surface area contributed by atoms with E-state index in [1.165, 1.54) is 11.1 Å². The fourth-order valence-electron chi connectivity index (χ4n) is 3.37. The predicted octanol–water partition coefficient (Wildman–Crippen LogP) is 2.66. The van der Waals surface area contributed by atoms with E-state index >= 15 is 0 Å². The van der Waals surface area contributed by atoms with Gasteiger partial charge >= 0.3 is 0 Å².